The second kappa shape index (κ2) is 6.72. The van der Waals surface area contributed by atoms with Crippen molar-refractivity contribution in [1.82, 2.24) is 9.13 Å². The summed E-state index contributed by atoms with van der Waals surface area (Å²) in [6.45, 7) is 4.13. The van der Waals surface area contributed by atoms with E-state index >= 15 is 0 Å². The van der Waals surface area contributed by atoms with Gasteiger partial charge < -0.3 is 9.30 Å². The molecule has 104 valence electrons. The van der Waals surface area contributed by atoms with E-state index in [0.717, 1.165) is 11.0 Å². The van der Waals surface area contributed by atoms with Gasteiger partial charge in [0.1, 0.15) is 0 Å². The lowest BCUT2D eigenvalue weighted by Gasteiger charge is -2.07. The summed E-state index contributed by atoms with van der Waals surface area (Å²) in [6.07, 6.45) is 3.79. The summed E-state index contributed by atoms with van der Waals surface area (Å²) < 4.78 is 7.11. The zero-order chi connectivity index (χ0) is 14.4. The normalized spacial score (nSPS) is 11.4. The van der Waals surface area contributed by atoms with Crippen LogP contribution in [0.5, 0.6) is 0 Å². The molecule has 19 heavy (non-hydrogen) atoms. The fourth-order valence-corrected chi connectivity index (χ4v) is 1.61. The molecule has 1 aromatic heterocycles. The van der Waals surface area contributed by atoms with Crippen LogP contribution in [0, 0.1) is 0 Å². The van der Waals surface area contributed by atoms with E-state index in [9.17, 15) is 14.4 Å². The predicted octanol–water partition coefficient (Wildman–Crippen LogP) is 0.539. The van der Waals surface area contributed by atoms with Crippen molar-refractivity contribution in [2.75, 3.05) is 7.11 Å². The summed E-state index contributed by atoms with van der Waals surface area (Å²) in [7, 11) is 1.28. The molecule has 6 heteroatoms. The van der Waals surface area contributed by atoms with E-state index in [0.29, 0.717) is 12.1 Å². The molecule has 0 aliphatic rings. The predicted molar refractivity (Wildman–Crippen MR) is 71.0 cm³/mol. The molecule has 1 rings (SSSR count). The Kier molecular flexibility index (Phi) is 5.29. The standard InChI is InChI=1S/C13H18N2O4/c1-4-7-14-8-6-11(16)15(13(14)18)9-5-10(2)12(17)19-3/h5-6,8H,4,7,9H2,1-3H3. The first-order valence-electron chi connectivity index (χ1n) is 6.06. The lowest BCUT2D eigenvalue weighted by Crippen LogP contribution is -2.38. The fourth-order valence-electron chi connectivity index (χ4n) is 1.61. The molecule has 0 atom stereocenters. The molecule has 1 heterocycles. The summed E-state index contributed by atoms with van der Waals surface area (Å²) in [5.41, 5.74) is -0.394. The highest BCUT2D eigenvalue weighted by Gasteiger charge is 2.06. The van der Waals surface area contributed by atoms with Crippen molar-refractivity contribution in [2.24, 2.45) is 0 Å². The van der Waals surface area contributed by atoms with Gasteiger partial charge in [-0.1, -0.05) is 13.0 Å². The number of esters is 1. The highest BCUT2D eigenvalue weighted by Crippen LogP contribution is 1.95. The van der Waals surface area contributed by atoms with Crippen LogP contribution in [0.4, 0.5) is 0 Å². The van der Waals surface area contributed by atoms with E-state index in [4.69, 9.17) is 0 Å². The Labute approximate surface area is 110 Å². The van der Waals surface area contributed by atoms with E-state index in [1.807, 2.05) is 6.92 Å². The van der Waals surface area contributed by atoms with Crippen molar-refractivity contribution >= 4 is 5.97 Å². The van der Waals surface area contributed by atoms with Crippen LogP contribution in [0.1, 0.15) is 20.3 Å². The number of hydrogen-bond acceptors (Lipinski definition) is 4. The number of methoxy groups -OCH3 is 1. The van der Waals surface area contributed by atoms with E-state index in [1.165, 1.54) is 30.0 Å². The first-order valence-corrected chi connectivity index (χ1v) is 6.06. The molecule has 0 saturated carbocycles. The average molecular weight is 266 g/mol. The third-order valence-electron chi connectivity index (χ3n) is 2.69. The average Bonchev–Trinajstić information content (AvgIpc) is 2.40. The molecule has 0 radical (unpaired) electrons. The summed E-state index contributed by atoms with van der Waals surface area (Å²) in [5, 5.41) is 0. The Morgan fingerprint density at radius 1 is 1.42 bits per heavy atom. The van der Waals surface area contributed by atoms with E-state index < -0.39 is 5.97 Å². The molecule has 0 spiro atoms. The monoisotopic (exact) mass is 266 g/mol. The van der Waals surface area contributed by atoms with Crippen LogP contribution in [0.25, 0.3) is 0 Å². The summed E-state index contributed by atoms with van der Waals surface area (Å²) in [4.78, 5) is 34.9. The molecular formula is C13H18N2O4. The summed E-state index contributed by atoms with van der Waals surface area (Å²) >= 11 is 0. The largest absolute Gasteiger partial charge is 0.466 e. The number of aryl methyl sites for hydroxylation is 1. The molecule has 1 aromatic rings. The Bertz CT molecular complexity index is 595. The van der Waals surface area contributed by atoms with Crippen LogP contribution < -0.4 is 11.2 Å². The van der Waals surface area contributed by atoms with Crippen molar-refractivity contribution in [3.63, 3.8) is 0 Å². The van der Waals surface area contributed by atoms with Gasteiger partial charge in [-0.3, -0.25) is 9.36 Å². The maximum absolute atomic E-state index is 12.0. The molecule has 0 aliphatic heterocycles. The molecule has 0 aliphatic carbocycles. The maximum Gasteiger partial charge on any atom is 0.333 e. The SMILES string of the molecule is CCCn1ccc(=O)n(CC=C(C)C(=O)OC)c1=O. The third kappa shape index (κ3) is 3.67. The van der Waals surface area contributed by atoms with Crippen LogP contribution >= 0.6 is 0 Å². The number of carbonyl (C=O) groups excluding carboxylic acids is 1. The number of aromatic nitrogens is 2. The quantitative estimate of drug-likeness (QED) is 0.576. The fraction of sp³-hybridized carbons (Fsp3) is 0.462. The number of hydrogen-bond donors (Lipinski definition) is 0. The molecule has 0 saturated heterocycles. The second-order valence-corrected chi connectivity index (χ2v) is 4.12. The first kappa shape index (κ1) is 14.9. The zero-order valence-electron chi connectivity index (χ0n) is 11.4. The van der Waals surface area contributed by atoms with Crippen molar-refractivity contribution in [3.8, 4) is 0 Å². The summed E-state index contributed by atoms with van der Waals surface area (Å²) in [5.74, 6) is -0.474. The minimum absolute atomic E-state index is 0.0587. The molecule has 0 fully saturated rings. The highest BCUT2D eigenvalue weighted by molar-refractivity contribution is 5.87. The Morgan fingerprint density at radius 2 is 2.11 bits per heavy atom. The van der Waals surface area contributed by atoms with Crippen LogP contribution in [-0.4, -0.2) is 22.2 Å². The topological polar surface area (TPSA) is 70.3 Å². The molecule has 6 nitrogen and oxygen atoms in total. The zero-order valence-corrected chi connectivity index (χ0v) is 11.4. The maximum atomic E-state index is 12.0. The molecular weight excluding hydrogens is 248 g/mol. The second-order valence-electron chi connectivity index (χ2n) is 4.12. The van der Waals surface area contributed by atoms with Crippen molar-refractivity contribution in [1.29, 1.82) is 0 Å². The lowest BCUT2D eigenvalue weighted by atomic mass is 10.3. The molecule has 0 bridgehead atoms. The number of ether oxygens (including phenoxy) is 1. The third-order valence-corrected chi connectivity index (χ3v) is 2.69. The Balaban J connectivity index is 3.08. The van der Waals surface area contributed by atoms with Gasteiger partial charge in [0, 0.05) is 30.9 Å². The van der Waals surface area contributed by atoms with E-state index in [-0.39, 0.29) is 17.8 Å². The van der Waals surface area contributed by atoms with Crippen LogP contribution in [0.15, 0.2) is 33.5 Å². The minimum Gasteiger partial charge on any atom is -0.466 e. The number of allylic oxidation sites excluding steroid dienone is 1. The van der Waals surface area contributed by atoms with Crippen molar-refractivity contribution in [3.05, 3.63) is 44.8 Å². The van der Waals surface area contributed by atoms with Gasteiger partial charge in [-0.25, -0.2) is 9.59 Å². The van der Waals surface area contributed by atoms with Crippen LogP contribution in [-0.2, 0) is 22.6 Å². The molecule has 0 amide bonds. The Morgan fingerprint density at radius 3 is 2.68 bits per heavy atom. The molecule has 0 aromatic carbocycles. The van der Waals surface area contributed by atoms with Gasteiger partial charge in [0.25, 0.3) is 5.56 Å². The number of rotatable bonds is 5. The summed E-state index contributed by atoms with van der Waals surface area (Å²) in [6, 6.07) is 1.35. The van der Waals surface area contributed by atoms with Gasteiger partial charge in [0.2, 0.25) is 0 Å². The Hall–Kier alpha value is -2.11. The van der Waals surface area contributed by atoms with Gasteiger partial charge >= 0.3 is 11.7 Å². The van der Waals surface area contributed by atoms with Gasteiger partial charge in [-0.05, 0) is 13.3 Å². The van der Waals surface area contributed by atoms with Gasteiger partial charge in [0.05, 0.1) is 7.11 Å². The molecule has 0 N–H and O–H groups in total. The van der Waals surface area contributed by atoms with Gasteiger partial charge in [-0.15, -0.1) is 0 Å². The van der Waals surface area contributed by atoms with Crippen LogP contribution in [0.3, 0.4) is 0 Å². The lowest BCUT2D eigenvalue weighted by molar-refractivity contribution is -0.136. The van der Waals surface area contributed by atoms with Gasteiger partial charge in [-0.2, -0.15) is 0 Å². The van der Waals surface area contributed by atoms with Crippen molar-refractivity contribution < 1.29 is 9.53 Å². The van der Waals surface area contributed by atoms with Crippen molar-refractivity contribution in [2.45, 2.75) is 33.4 Å². The smallest absolute Gasteiger partial charge is 0.333 e. The van der Waals surface area contributed by atoms with E-state index in [2.05, 4.69) is 4.74 Å². The highest BCUT2D eigenvalue weighted by atomic mass is 16.5. The molecule has 0 unspecified atom stereocenters. The number of nitrogens with zero attached hydrogens (tertiary/aromatic N) is 2. The first-order chi connectivity index (χ1) is 9.01. The number of carbonyl (C=O) groups is 1. The van der Waals surface area contributed by atoms with E-state index in [1.54, 1.807) is 6.92 Å². The minimum atomic E-state index is -0.474. The van der Waals surface area contributed by atoms with Gasteiger partial charge in [0.15, 0.2) is 0 Å². The van der Waals surface area contributed by atoms with Crippen LogP contribution in [0.2, 0.25) is 0 Å².